The van der Waals surface area contributed by atoms with Gasteiger partial charge in [-0.1, -0.05) is 5.16 Å². The van der Waals surface area contributed by atoms with Gasteiger partial charge in [-0.25, -0.2) is 14.1 Å². The third kappa shape index (κ3) is 7.15. The number of aliphatic carboxylic acids is 1. The highest BCUT2D eigenvalue weighted by Crippen LogP contribution is 2.40. The standard InChI is InChI=1S/C21H30N12O8S2/c1-10(27-19(23)25-6-2-5-22)11-7-26-32(30-11)8-13-15(17(35)33(13)43(38,39)40)29-16(34)14(12-9-42-20(24)28-12)31-41-21(3-4-21)18(36)37/h7,9-10,13,15H,2-6,8,22H2,1H3,(H2,24,28)(H,29,34)(H,36,37)(H3,23,25,27)(H,38,39,40)/b31-14-/t10?,13-,15?/m0/s1. The lowest BCUT2D eigenvalue weighted by Gasteiger charge is -2.43. The van der Waals surface area contributed by atoms with E-state index in [0.29, 0.717) is 25.2 Å². The molecule has 0 spiro atoms. The molecule has 4 rings (SSSR count). The van der Waals surface area contributed by atoms with Crippen LogP contribution < -0.4 is 27.8 Å². The zero-order valence-electron chi connectivity index (χ0n) is 22.7. The second-order valence-electron chi connectivity index (χ2n) is 9.63. The number of nitrogens with zero attached hydrogens (tertiary/aromatic N) is 7. The Hall–Kier alpha value is -4.41. The average Bonchev–Trinajstić information content (AvgIpc) is 3.36. The fraction of sp³-hybridized carbons (Fsp3) is 0.524. The minimum Gasteiger partial charge on any atom is -0.478 e. The molecular formula is C21H30N12O8S2. The van der Waals surface area contributed by atoms with Gasteiger partial charge >= 0.3 is 16.3 Å². The minimum atomic E-state index is -5.03. The van der Waals surface area contributed by atoms with Gasteiger partial charge in [-0.05, 0) is 19.9 Å². The lowest BCUT2D eigenvalue weighted by atomic mass is 9.98. The van der Waals surface area contributed by atoms with Crippen LogP contribution >= 0.6 is 11.3 Å². The number of hydrogen-bond donors (Lipinski definition) is 7. The van der Waals surface area contributed by atoms with Gasteiger partial charge in [0.15, 0.2) is 16.8 Å². The number of aromatic nitrogens is 4. The Balaban J connectivity index is 1.51. The Bertz CT molecular complexity index is 1550. The first-order valence-electron chi connectivity index (χ1n) is 12.7. The van der Waals surface area contributed by atoms with E-state index in [1.807, 2.05) is 0 Å². The molecule has 1 aliphatic heterocycles. The van der Waals surface area contributed by atoms with Crippen LogP contribution in [0.15, 0.2) is 21.7 Å². The molecule has 2 aromatic rings. The summed E-state index contributed by atoms with van der Waals surface area (Å²) in [6.07, 6.45) is 2.35. The van der Waals surface area contributed by atoms with Crippen molar-refractivity contribution in [2.24, 2.45) is 21.6 Å². The van der Waals surface area contributed by atoms with Crippen molar-refractivity contribution < 1.29 is 37.3 Å². The molecule has 43 heavy (non-hydrogen) atoms. The van der Waals surface area contributed by atoms with Crippen LogP contribution in [0.5, 0.6) is 0 Å². The third-order valence-corrected chi connectivity index (χ3v) is 8.07. The molecule has 1 saturated heterocycles. The monoisotopic (exact) mass is 642 g/mol. The number of guanidine groups is 1. The number of carbonyl (C=O) groups is 3. The Morgan fingerprint density at radius 2 is 2.09 bits per heavy atom. The van der Waals surface area contributed by atoms with E-state index in [0.717, 1.165) is 16.1 Å². The Morgan fingerprint density at radius 1 is 1.37 bits per heavy atom. The molecule has 1 aliphatic carbocycles. The molecule has 0 aromatic carbocycles. The Kier molecular flexibility index (Phi) is 9.12. The number of amides is 2. The van der Waals surface area contributed by atoms with Crippen LogP contribution in [0.4, 0.5) is 5.13 Å². The van der Waals surface area contributed by atoms with Crippen LogP contribution in [-0.2, 0) is 36.1 Å². The number of carbonyl (C=O) groups excluding carboxylic acids is 2. The first-order valence-corrected chi connectivity index (χ1v) is 15.0. The van der Waals surface area contributed by atoms with Gasteiger partial charge in [0, 0.05) is 24.8 Å². The molecule has 1 saturated carbocycles. The SMILES string of the molecule is CC(NC(N)=NCCCN)c1cnn(C[C@H]2C(NC(=O)/C(=N\OC3(C(=O)O)CC3)c3csc(N)n3)C(=O)N2S(=O)(=O)O)n1. The van der Waals surface area contributed by atoms with E-state index < -0.39 is 57.5 Å². The van der Waals surface area contributed by atoms with Gasteiger partial charge < -0.3 is 37.8 Å². The third-order valence-electron chi connectivity index (χ3n) is 6.45. The number of nitrogens with one attached hydrogen (secondary N) is 2. The summed E-state index contributed by atoms with van der Waals surface area (Å²) in [6.45, 7) is 2.25. The molecule has 2 aromatic heterocycles. The number of oxime groups is 1. The van der Waals surface area contributed by atoms with Crippen LogP contribution in [0, 0.1) is 0 Å². The maximum Gasteiger partial charge on any atom is 0.362 e. The van der Waals surface area contributed by atoms with Crippen LogP contribution in [0.2, 0.25) is 0 Å². The van der Waals surface area contributed by atoms with Crippen LogP contribution in [-0.4, -0.2) is 103 Å². The highest BCUT2D eigenvalue weighted by atomic mass is 32.2. The van der Waals surface area contributed by atoms with Gasteiger partial charge in [0.1, 0.15) is 23.5 Å². The van der Waals surface area contributed by atoms with Gasteiger partial charge in [0.2, 0.25) is 5.60 Å². The first kappa shape index (κ1) is 31.5. The molecule has 2 unspecified atom stereocenters. The summed E-state index contributed by atoms with van der Waals surface area (Å²) in [5.74, 6) is -3.31. The summed E-state index contributed by atoms with van der Waals surface area (Å²) in [6, 6.07) is -3.30. The molecule has 2 aliphatic rings. The molecule has 3 heterocycles. The summed E-state index contributed by atoms with van der Waals surface area (Å²) < 4.78 is 33.8. The number of nitrogens with two attached hydrogens (primary N) is 3. The lowest BCUT2D eigenvalue weighted by Crippen LogP contribution is -2.73. The number of aliphatic imine (C=N–C) groups is 1. The molecule has 2 fully saturated rings. The van der Waals surface area contributed by atoms with Gasteiger partial charge in [-0.15, -0.1) is 11.3 Å². The van der Waals surface area contributed by atoms with Crippen molar-refractivity contribution in [3.8, 4) is 0 Å². The first-order chi connectivity index (χ1) is 20.3. The summed E-state index contributed by atoms with van der Waals surface area (Å²) in [7, 11) is -5.03. The summed E-state index contributed by atoms with van der Waals surface area (Å²) in [5, 5.41) is 28.1. The number of β-lactam (4-membered cyclic amide) rings is 1. The molecule has 0 radical (unpaired) electrons. The summed E-state index contributed by atoms with van der Waals surface area (Å²) in [5.41, 5.74) is 15.2. The van der Waals surface area contributed by atoms with Crippen molar-refractivity contribution >= 4 is 56.2 Å². The number of carboxylic acid groups (broad SMARTS) is 1. The normalized spacial score (nSPS) is 20.7. The summed E-state index contributed by atoms with van der Waals surface area (Å²) in [4.78, 5) is 51.8. The zero-order valence-corrected chi connectivity index (χ0v) is 24.3. The van der Waals surface area contributed by atoms with E-state index in [1.165, 1.54) is 11.6 Å². The fourth-order valence-corrected chi connectivity index (χ4v) is 5.36. The number of nitrogen functional groups attached to an aromatic ring is 1. The quantitative estimate of drug-likeness (QED) is 0.0273. The molecule has 3 atom stereocenters. The van der Waals surface area contributed by atoms with Crippen molar-refractivity contribution in [3.05, 3.63) is 23.0 Å². The maximum atomic E-state index is 13.2. The fourth-order valence-electron chi connectivity index (χ4n) is 3.94. The Labute approximate surface area is 248 Å². The number of hydrogen-bond acceptors (Lipinski definition) is 14. The predicted molar refractivity (Wildman–Crippen MR) is 150 cm³/mol. The molecule has 10 N–H and O–H groups in total. The van der Waals surface area contributed by atoms with Crippen LogP contribution in [0.25, 0.3) is 0 Å². The Morgan fingerprint density at radius 3 is 2.67 bits per heavy atom. The van der Waals surface area contributed by atoms with Crippen LogP contribution in [0.1, 0.15) is 43.6 Å². The van der Waals surface area contributed by atoms with Gasteiger partial charge in [0.25, 0.3) is 11.8 Å². The van der Waals surface area contributed by atoms with E-state index in [4.69, 9.17) is 22.0 Å². The number of thiazole rings is 1. The van der Waals surface area contributed by atoms with Crippen molar-refractivity contribution in [1.29, 1.82) is 0 Å². The molecule has 22 heteroatoms. The lowest BCUT2D eigenvalue weighted by molar-refractivity contribution is -0.153. The van der Waals surface area contributed by atoms with Crippen molar-refractivity contribution in [2.45, 2.75) is 56.5 Å². The van der Waals surface area contributed by atoms with Gasteiger partial charge in [-0.2, -0.15) is 23.4 Å². The average molecular weight is 643 g/mol. The van der Waals surface area contributed by atoms with Crippen molar-refractivity contribution in [3.63, 3.8) is 0 Å². The molecule has 2 amide bonds. The largest absolute Gasteiger partial charge is 0.478 e. The van der Waals surface area contributed by atoms with E-state index in [1.54, 1.807) is 6.92 Å². The van der Waals surface area contributed by atoms with E-state index in [9.17, 15) is 32.5 Å². The molecule has 20 nitrogen and oxygen atoms in total. The topological polar surface area (TPSA) is 309 Å². The van der Waals surface area contributed by atoms with Gasteiger partial charge in [-0.3, -0.25) is 19.1 Å². The van der Waals surface area contributed by atoms with Crippen molar-refractivity contribution in [1.82, 2.24) is 34.9 Å². The second-order valence-corrected chi connectivity index (χ2v) is 11.8. The van der Waals surface area contributed by atoms with Crippen molar-refractivity contribution in [2.75, 3.05) is 18.8 Å². The maximum absolute atomic E-state index is 13.2. The van der Waals surface area contributed by atoms with E-state index in [-0.39, 0.29) is 40.5 Å². The highest BCUT2D eigenvalue weighted by Gasteiger charge is 2.56. The minimum absolute atomic E-state index is 0.0675. The number of carboxylic acids is 1. The zero-order chi connectivity index (χ0) is 31.5. The van der Waals surface area contributed by atoms with Crippen LogP contribution in [0.3, 0.4) is 0 Å². The predicted octanol–water partition coefficient (Wildman–Crippen LogP) is -2.83. The number of rotatable bonds is 14. The van der Waals surface area contributed by atoms with E-state index in [2.05, 4.69) is 36.0 Å². The molecule has 0 bridgehead atoms. The second kappa shape index (κ2) is 12.4. The van der Waals surface area contributed by atoms with E-state index >= 15 is 0 Å². The van der Waals surface area contributed by atoms with Gasteiger partial charge in [0.05, 0.1) is 18.8 Å². The smallest absolute Gasteiger partial charge is 0.362 e. The summed E-state index contributed by atoms with van der Waals surface area (Å²) >= 11 is 0.965. The molecule has 234 valence electrons. The highest BCUT2D eigenvalue weighted by molar-refractivity contribution is 7.84. The number of anilines is 1. The molecular weight excluding hydrogens is 612 g/mol.